The first-order valence-corrected chi connectivity index (χ1v) is 6.56. The molecule has 0 aliphatic heterocycles. The Labute approximate surface area is 114 Å². The second kappa shape index (κ2) is 8.50. The van der Waals surface area contributed by atoms with Gasteiger partial charge in [0.15, 0.2) is 0 Å². The summed E-state index contributed by atoms with van der Waals surface area (Å²) in [6, 6.07) is 7.32. The molecule has 0 aliphatic carbocycles. The van der Waals surface area contributed by atoms with Gasteiger partial charge < -0.3 is 15.8 Å². The minimum Gasteiger partial charge on any atom is -0.497 e. The van der Waals surface area contributed by atoms with E-state index in [2.05, 4.69) is 17.1 Å². The highest BCUT2D eigenvalue weighted by Crippen LogP contribution is 2.16. The molecule has 106 valence electrons. The topological polar surface area (TPSA) is 67.6 Å². The first-order chi connectivity index (χ1) is 9.19. The molecule has 5 heteroatoms. The molecule has 0 atom stereocenters. The van der Waals surface area contributed by atoms with E-state index >= 15 is 0 Å². The Bertz CT molecular complexity index is 390. The molecule has 1 amide bonds. The van der Waals surface area contributed by atoms with Gasteiger partial charge in [-0.25, -0.2) is 0 Å². The van der Waals surface area contributed by atoms with Crippen LogP contribution < -0.4 is 15.8 Å². The maximum absolute atomic E-state index is 11.9. The quantitative estimate of drug-likeness (QED) is 0.743. The van der Waals surface area contributed by atoms with Crippen molar-refractivity contribution in [2.45, 2.75) is 13.3 Å². The fourth-order valence-corrected chi connectivity index (χ4v) is 1.87. The van der Waals surface area contributed by atoms with Crippen LogP contribution in [0.2, 0.25) is 0 Å². The van der Waals surface area contributed by atoms with Crippen LogP contribution in [-0.2, 0) is 4.79 Å². The number of rotatable bonds is 8. The predicted molar refractivity (Wildman–Crippen MR) is 77.4 cm³/mol. The van der Waals surface area contributed by atoms with Gasteiger partial charge in [-0.1, -0.05) is 13.0 Å². The van der Waals surface area contributed by atoms with Gasteiger partial charge in [-0.3, -0.25) is 9.69 Å². The lowest BCUT2D eigenvalue weighted by atomic mass is 10.3. The molecule has 0 bridgehead atoms. The molecule has 5 nitrogen and oxygen atoms in total. The number of nitrogens with two attached hydrogens (primary N) is 1. The van der Waals surface area contributed by atoms with Crippen LogP contribution in [0.25, 0.3) is 0 Å². The molecule has 0 saturated carbocycles. The normalized spacial score (nSPS) is 10.5. The largest absolute Gasteiger partial charge is 0.497 e. The first kappa shape index (κ1) is 15.5. The molecule has 0 saturated heterocycles. The van der Waals surface area contributed by atoms with Crippen molar-refractivity contribution in [3.8, 4) is 5.75 Å². The van der Waals surface area contributed by atoms with E-state index in [1.54, 1.807) is 13.2 Å². The van der Waals surface area contributed by atoms with Gasteiger partial charge in [-0.2, -0.15) is 0 Å². The van der Waals surface area contributed by atoms with Gasteiger partial charge in [0, 0.05) is 24.8 Å². The molecule has 0 spiro atoms. The highest BCUT2D eigenvalue weighted by atomic mass is 16.5. The van der Waals surface area contributed by atoms with Crippen LogP contribution in [0.5, 0.6) is 5.75 Å². The van der Waals surface area contributed by atoms with E-state index in [0.29, 0.717) is 13.1 Å². The van der Waals surface area contributed by atoms with Crippen molar-refractivity contribution in [1.29, 1.82) is 0 Å². The Hall–Kier alpha value is -1.59. The summed E-state index contributed by atoms with van der Waals surface area (Å²) in [4.78, 5) is 14.0. The zero-order valence-corrected chi connectivity index (χ0v) is 11.7. The molecule has 19 heavy (non-hydrogen) atoms. The molecule has 3 N–H and O–H groups in total. The van der Waals surface area contributed by atoms with Crippen molar-refractivity contribution < 1.29 is 9.53 Å². The molecule has 0 unspecified atom stereocenters. The third-order valence-electron chi connectivity index (χ3n) is 2.71. The second-order valence-corrected chi connectivity index (χ2v) is 4.34. The van der Waals surface area contributed by atoms with Gasteiger partial charge in [0.05, 0.1) is 13.7 Å². The van der Waals surface area contributed by atoms with Crippen LogP contribution in [0.4, 0.5) is 5.69 Å². The lowest BCUT2D eigenvalue weighted by Crippen LogP contribution is -2.37. The van der Waals surface area contributed by atoms with Gasteiger partial charge in [0.1, 0.15) is 5.75 Å². The molecule has 0 aliphatic rings. The lowest BCUT2D eigenvalue weighted by Gasteiger charge is -2.20. The number of methoxy groups -OCH3 is 1. The molecule has 0 fully saturated rings. The predicted octanol–water partition coefficient (Wildman–Crippen LogP) is 1.30. The first-order valence-electron chi connectivity index (χ1n) is 6.56. The molecule has 1 aromatic rings. The molecular formula is C14H23N3O2. The fraction of sp³-hybridized carbons (Fsp3) is 0.500. The molecular weight excluding hydrogens is 242 g/mol. The summed E-state index contributed by atoms with van der Waals surface area (Å²) in [7, 11) is 1.60. The number of carbonyl (C=O) groups excluding carboxylic acids is 1. The molecule has 1 aromatic carbocycles. The molecule has 0 heterocycles. The van der Waals surface area contributed by atoms with E-state index in [1.165, 1.54) is 0 Å². The van der Waals surface area contributed by atoms with Gasteiger partial charge >= 0.3 is 0 Å². The van der Waals surface area contributed by atoms with Crippen LogP contribution in [0.3, 0.4) is 0 Å². The molecule has 0 radical (unpaired) electrons. The number of nitrogens with zero attached hydrogens (tertiary/aromatic N) is 1. The number of nitrogens with one attached hydrogen (secondary N) is 1. The summed E-state index contributed by atoms with van der Waals surface area (Å²) >= 11 is 0. The van der Waals surface area contributed by atoms with Crippen molar-refractivity contribution in [3.05, 3.63) is 24.3 Å². The Morgan fingerprint density at radius 1 is 1.42 bits per heavy atom. The average Bonchev–Trinajstić information content (AvgIpc) is 2.39. The van der Waals surface area contributed by atoms with Crippen molar-refractivity contribution in [2.75, 3.05) is 38.6 Å². The molecule has 1 rings (SSSR count). The maximum atomic E-state index is 11.9. The summed E-state index contributed by atoms with van der Waals surface area (Å²) in [5, 5.41) is 2.86. The Morgan fingerprint density at radius 2 is 2.21 bits per heavy atom. The van der Waals surface area contributed by atoms with Crippen LogP contribution >= 0.6 is 0 Å². The summed E-state index contributed by atoms with van der Waals surface area (Å²) < 4.78 is 5.12. The Morgan fingerprint density at radius 3 is 2.84 bits per heavy atom. The number of carbonyl (C=O) groups is 1. The minimum atomic E-state index is -0.0323. The van der Waals surface area contributed by atoms with Crippen molar-refractivity contribution in [3.63, 3.8) is 0 Å². The SMILES string of the molecule is CCCN(CCN)CC(=O)Nc1cccc(OC)c1. The van der Waals surface area contributed by atoms with Crippen LogP contribution in [0, 0.1) is 0 Å². The van der Waals surface area contributed by atoms with Crippen LogP contribution in [-0.4, -0.2) is 44.1 Å². The van der Waals surface area contributed by atoms with Crippen molar-refractivity contribution >= 4 is 11.6 Å². The summed E-state index contributed by atoms with van der Waals surface area (Å²) in [6.45, 7) is 4.63. The fourth-order valence-electron chi connectivity index (χ4n) is 1.87. The Balaban J connectivity index is 2.53. The van der Waals surface area contributed by atoms with Gasteiger partial charge in [0.25, 0.3) is 0 Å². The summed E-state index contributed by atoms with van der Waals surface area (Å²) in [6.07, 6.45) is 1.01. The van der Waals surface area contributed by atoms with E-state index in [-0.39, 0.29) is 5.91 Å². The number of hydrogen-bond donors (Lipinski definition) is 2. The van der Waals surface area contributed by atoms with Crippen LogP contribution in [0.15, 0.2) is 24.3 Å². The third kappa shape index (κ3) is 5.72. The van der Waals surface area contributed by atoms with Crippen molar-refractivity contribution in [2.24, 2.45) is 5.73 Å². The zero-order chi connectivity index (χ0) is 14.1. The zero-order valence-electron chi connectivity index (χ0n) is 11.7. The van der Waals surface area contributed by atoms with E-state index in [0.717, 1.165) is 30.9 Å². The third-order valence-corrected chi connectivity index (χ3v) is 2.71. The molecule has 0 aromatic heterocycles. The van der Waals surface area contributed by atoms with Gasteiger partial charge in [0.2, 0.25) is 5.91 Å². The standard InChI is InChI=1S/C14H23N3O2/c1-3-8-17(9-7-15)11-14(18)16-12-5-4-6-13(10-12)19-2/h4-6,10H,3,7-9,11,15H2,1-2H3,(H,16,18). The highest BCUT2D eigenvalue weighted by Gasteiger charge is 2.09. The number of anilines is 1. The van der Waals surface area contributed by atoms with E-state index in [4.69, 9.17) is 10.5 Å². The number of hydrogen-bond acceptors (Lipinski definition) is 4. The minimum absolute atomic E-state index is 0.0323. The van der Waals surface area contributed by atoms with Crippen molar-refractivity contribution in [1.82, 2.24) is 4.90 Å². The van der Waals surface area contributed by atoms with Gasteiger partial charge in [-0.15, -0.1) is 0 Å². The van der Waals surface area contributed by atoms with E-state index < -0.39 is 0 Å². The number of amides is 1. The Kier molecular flexibility index (Phi) is 6.92. The summed E-state index contributed by atoms with van der Waals surface area (Å²) in [5.74, 6) is 0.695. The van der Waals surface area contributed by atoms with Gasteiger partial charge in [-0.05, 0) is 25.1 Å². The number of benzene rings is 1. The van der Waals surface area contributed by atoms with E-state index in [9.17, 15) is 4.79 Å². The average molecular weight is 265 g/mol. The second-order valence-electron chi connectivity index (χ2n) is 4.34. The summed E-state index contributed by atoms with van der Waals surface area (Å²) in [5.41, 5.74) is 6.28. The van der Waals surface area contributed by atoms with Crippen LogP contribution in [0.1, 0.15) is 13.3 Å². The lowest BCUT2D eigenvalue weighted by molar-refractivity contribution is -0.117. The monoisotopic (exact) mass is 265 g/mol. The van der Waals surface area contributed by atoms with E-state index in [1.807, 2.05) is 18.2 Å². The number of ether oxygens (including phenoxy) is 1. The maximum Gasteiger partial charge on any atom is 0.238 e. The highest BCUT2D eigenvalue weighted by molar-refractivity contribution is 5.92. The smallest absolute Gasteiger partial charge is 0.238 e.